The zero-order valence-electron chi connectivity index (χ0n) is 16.5. The first-order valence-electron chi connectivity index (χ1n) is 10.0. The Balaban J connectivity index is 2.78. The maximum Gasteiger partial charge on any atom is 0.126 e. The minimum Gasteiger partial charge on any atom is -0.345 e. The average molecular weight is 362 g/mol. The average Bonchev–Trinajstić information content (AvgIpc) is 3.14. The third-order valence-electron chi connectivity index (χ3n) is 5.99. The van der Waals surface area contributed by atoms with E-state index in [1.165, 1.54) is 12.8 Å². The highest BCUT2D eigenvalue weighted by Crippen LogP contribution is 2.52. The van der Waals surface area contributed by atoms with Crippen LogP contribution in [-0.4, -0.2) is 4.90 Å². The van der Waals surface area contributed by atoms with Gasteiger partial charge < -0.3 is 4.90 Å². The van der Waals surface area contributed by atoms with Gasteiger partial charge in [-0.3, -0.25) is 0 Å². The molecule has 3 heteroatoms. The van der Waals surface area contributed by atoms with Crippen LogP contribution in [0.3, 0.4) is 0 Å². The van der Waals surface area contributed by atoms with Crippen LogP contribution in [0.25, 0.3) is 0 Å². The van der Waals surface area contributed by atoms with Crippen molar-refractivity contribution in [2.75, 3.05) is 0 Å². The Hall–Kier alpha value is -1.64. The van der Waals surface area contributed by atoms with Crippen molar-refractivity contribution in [1.29, 1.82) is 0 Å². The molecule has 1 aromatic rings. The van der Waals surface area contributed by atoms with Gasteiger partial charge in [-0.15, -0.1) is 0 Å². The van der Waals surface area contributed by atoms with Crippen LogP contribution in [0.15, 0.2) is 43.3 Å². The van der Waals surface area contributed by atoms with Gasteiger partial charge in [-0.1, -0.05) is 52.2 Å². The van der Waals surface area contributed by atoms with Gasteiger partial charge >= 0.3 is 0 Å². The first-order valence-corrected chi connectivity index (χ1v) is 10.0. The van der Waals surface area contributed by atoms with Crippen LogP contribution in [0, 0.1) is 23.5 Å². The van der Waals surface area contributed by atoms with Crippen molar-refractivity contribution in [1.82, 2.24) is 4.90 Å². The summed E-state index contributed by atoms with van der Waals surface area (Å²) in [5.41, 5.74) is 0.290. The second kappa shape index (κ2) is 9.34. The SMILES string of the molecule is C=CN(/C=C\C)C(c1cc(F)cc(F)c1)(C(CC)CCC)C1CCCC1. The van der Waals surface area contributed by atoms with E-state index in [9.17, 15) is 8.78 Å². The quantitative estimate of drug-likeness (QED) is 0.451. The van der Waals surface area contributed by atoms with Crippen molar-refractivity contribution in [3.05, 3.63) is 60.5 Å². The molecule has 0 aliphatic heterocycles. The molecule has 0 N–H and O–H groups in total. The lowest BCUT2D eigenvalue weighted by molar-refractivity contribution is 0.0345. The second-order valence-electron chi connectivity index (χ2n) is 7.43. The summed E-state index contributed by atoms with van der Waals surface area (Å²) in [7, 11) is 0. The van der Waals surface area contributed by atoms with E-state index in [2.05, 4.69) is 25.3 Å². The van der Waals surface area contributed by atoms with Crippen LogP contribution in [0.5, 0.6) is 0 Å². The van der Waals surface area contributed by atoms with E-state index in [1.54, 1.807) is 12.1 Å². The molecule has 2 atom stereocenters. The fraction of sp³-hybridized carbons (Fsp3) is 0.565. The lowest BCUT2D eigenvalue weighted by Crippen LogP contribution is -2.51. The molecule has 1 nitrogen and oxygen atoms in total. The monoisotopic (exact) mass is 361 g/mol. The molecule has 1 aromatic carbocycles. The normalized spacial score (nSPS) is 18.8. The number of rotatable bonds is 9. The fourth-order valence-corrected chi connectivity index (χ4v) is 5.11. The van der Waals surface area contributed by atoms with Crippen molar-refractivity contribution < 1.29 is 8.78 Å². The summed E-state index contributed by atoms with van der Waals surface area (Å²) >= 11 is 0. The maximum atomic E-state index is 14.2. The summed E-state index contributed by atoms with van der Waals surface area (Å²) in [6.45, 7) is 10.4. The summed E-state index contributed by atoms with van der Waals surface area (Å²) < 4.78 is 28.5. The molecule has 2 unspecified atom stereocenters. The second-order valence-corrected chi connectivity index (χ2v) is 7.43. The lowest BCUT2D eigenvalue weighted by Gasteiger charge is -2.52. The summed E-state index contributed by atoms with van der Waals surface area (Å²) in [6.07, 6.45) is 13.4. The minimum atomic E-state index is -0.502. The predicted molar refractivity (Wildman–Crippen MR) is 106 cm³/mol. The van der Waals surface area contributed by atoms with Crippen molar-refractivity contribution >= 4 is 0 Å². The van der Waals surface area contributed by atoms with E-state index in [-0.39, 0.29) is 0 Å². The molecule has 1 fully saturated rings. The number of allylic oxidation sites excluding steroid dienone is 1. The van der Waals surface area contributed by atoms with Crippen LogP contribution in [0.1, 0.15) is 71.3 Å². The van der Waals surface area contributed by atoms with E-state index < -0.39 is 17.2 Å². The fourth-order valence-electron chi connectivity index (χ4n) is 5.11. The van der Waals surface area contributed by atoms with Crippen LogP contribution in [-0.2, 0) is 5.54 Å². The van der Waals surface area contributed by atoms with Crippen LogP contribution < -0.4 is 0 Å². The van der Waals surface area contributed by atoms with Crippen molar-refractivity contribution in [3.8, 4) is 0 Å². The molecule has 0 spiro atoms. The molecule has 0 bridgehead atoms. The lowest BCUT2D eigenvalue weighted by atomic mass is 9.65. The first kappa shape index (κ1) is 20.7. The number of benzene rings is 1. The zero-order chi connectivity index (χ0) is 19.2. The first-order chi connectivity index (χ1) is 12.5. The number of halogens is 2. The summed E-state index contributed by atoms with van der Waals surface area (Å²) in [6, 6.07) is 4.05. The summed E-state index contributed by atoms with van der Waals surface area (Å²) in [5.74, 6) is -0.350. The Kier molecular flexibility index (Phi) is 7.43. The zero-order valence-corrected chi connectivity index (χ0v) is 16.5. The van der Waals surface area contributed by atoms with Gasteiger partial charge in [-0.05, 0) is 61.9 Å². The van der Waals surface area contributed by atoms with Gasteiger partial charge in [0.15, 0.2) is 0 Å². The van der Waals surface area contributed by atoms with Crippen molar-refractivity contribution in [2.45, 2.75) is 71.3 Å². The highest BCUT2D eigenvalue weighted by atomic mass is 19.1. The van der Waals surface area contributed by atoms with E-state index in [4.69, 9.17) is 0 Å². The highest BCUT2D eigenvalue weighted by Gasteiger charge is 2.49. The molecule has 0 heterocycles. The van der Waals surface area contributed by atoms with Crippen LogP contribution in [0.2, 0.25) is 0 Å². The van der Waals surface area contributed by atoms with Gasteiger partial charge in [-0.25, -0.2) is 8.78 Å². The van der Waals surface area contributed by atoms with E-state index >= 15 is 0 Å². The van der Waals surface area contributed by atoms with Gasteiger partial charge in [0, 0.05) is 12.3 Å². The molecule has 0 radical (unpaired) electrons. The smallest absolute Gasteiger partial charge is 0.126 e. The number of nitrogens with zero attached hydrogens (tertiary/aromatic N) is 1. The van der Waals surface area contributed by atoms with E-state index in [0.29, 0.717) is 11.8 Å². The molecule has 1 aliphatic carbocycles. The molecule has 2 rings (SSSR count). The predicted octanol–water partition coefficient (Wildman–Crippen LogP) is 7.16. The summed E-state index contributed by atoms with van der Waals surface area (Å²) in [5, 5.41) is 0. The van der Waals surface area contributed by atoms with Crippen molar-refractivity contribution in [2.24, 2.45) is 11.8 Å². The molecule has 0 aromatic heterocycles. The van der Waals surface area contributed by atoms with E-state index in [1.807, 2.05) is 25.4 Å². The van der Waals surface area contributed by atoms with Gasteiger partial charge in [0.2, 0.25) is 0 Å². The molecule has 26 heavy (non-hydrogen) atoms. The summed E-state index contributed by atoms with van der Waals surface area (Å²) in [4.78, 5) is 2.14. The minimum absolute atomic E-state index is 0.297. The van der Waals surface area contributed by atoms with Gasteiger partial charge in [0.05, 0.1) is 5.54 Å². The number of hydrogen-bond donors (Lipinski definition) is 0. The molecule has 144 valence electrons. The van der Waals surface area contributed by atoms with E-state index in [0.717, 1.165) is 43.7 Å². The Morgan fingerprint density at radius 1 is 1.19 bits per heavy atom. The largest absolute Gasteiger partial charge is 0.345 e. The molecule has 1 saturated carbocycles. The highest BCUT2D eigenvalue weighted by molar-refractivity contribution is 5.31. The molecule has 1 aliphatic rings. The third kappa shape index (κ3) is 3.87. The standard InChI is InChI=1S/C23H33F2N/c1-5-11-18(7-3)23(19-12-9-10-13-19,26(8-4)14-6-2)20-15-21(24)17-22(25)16-20/h6,8,14-19H,4-5,7,9-13H2,1-3H3/b14-6-. The van der Waals surface area contributed by atoms with Gasteiger partial charge in [0.1, 0.15) is 11.6 Å². The molecular formula is C23H33F2N. The Morgan fingerprint density at radius 3 is 2.27 bits per heavy atom. The topological polar surface area (TPSA) is 3.24 Å². The Labute approximate surface area is 157 Å². The van der Waals surface area contributed by atoms with Gasteiger partial charge in [-0.2, -0.15) is 0 Å². The van der Waals surface area contributed by atoms with Crippen LogP contribution >= 0.6 is 0 Å². The Bertz CT molecular complexity index is 598. The van der Waals surface area contributed by atoms with Gasteiger partial charge in [0.25, 0.3) is 0 Å². The third-order valence-corrected chi connectivity index (χ3v) is 5.99. The Morgan fingerprint density at radius 2 is 1.81 bits per heavy atom. The molecule has 0 amide bonds. The molecule has 0 saturated heterocycles. The van der Waals surface area contributed by atoms with Crippen molar-refractivity contribution in [3.63, 3.8) is 0 Å². The van der Waals surface area contributed by atoms with Crippen LogP contribution in [0.4, 0.5) is 8.78 Å². The number of hydrogen-bond acceptors (Lipinski definition) is 1. The molecular weight excluding hydrogens is 328 g/mol. The maximum absolute atomic E-state index is 14.2.